The summed E-state index contributed by atoms with van der Waals surface area (Å²) in [7, 11) is 0. The van der Waals surface area contributed by atoms with Crippen LogP contribution in [0.2, 0.25) is 0 Å². The zero-order chi connectivity index (χ0) is 15.0. The van der Waals surface area contributed by atoms with Crippen LogP contribution in [0.4, 0.5) is 4.39 Å². The first-order valence-corrected chi connectivity index (χ1v) is 7.75. The fourth-order valence-electron chi connectivity index (χ4n) is 3.32. The third-order valence-electron chi connectivity index (χ3n) is 4.44. The zero-order valence-electron chi connectivity index (χ0n) is 13.1. The van der Waals surface area contributed by atoms with E-state index < -0.39 is 0 Å². The number of rotatable bonds is 3. The Morgan fingerprint density at radius 2 is 2.19 bits per heavy atom. The van der Waals surface area contributed by atoms with Crippen LogP contribution < -0.4 is 0 Å². The second-order valence-electron chi connectivity index (χ2n) is 7.01. The van der Waals surface area contributed by atoms with E-state index in [1.165, 1.54) is 10.9 Å². The summed E-state index contributed by atoms with van der Waals surface area (Å²) in [4.78, 5) is 6.81. The van der Waals surface area contributed by atoms with E-state index in [0.29, 0.717) is 12.6 Å². The van der Waals surface area contributed by atoms with Crippen LogP contribution >= 0.6 is 0 Å². The van der Waals surface area contributed by atoms with E-state index in [4.69, 9.17) is 0 Å². The molecule has 1 aliphatic heterocycles. The molecular weight excluding hydrogens is 265 g/mol. The molecule has 1 saturated heterocycles. The van der Waals surface area contributed by atoms with E-state index in [-0.39, 0.29) is 12.1 Å². The molecule has 1 aliphatic rings. The fraction of sp³-hybridized carbons (Fsp3) is 0.588. The molecule has 0 amide bonds. The fourth-order valence-corrected chi connectivity index (χ4v) is 3.32. The van der Waals surface area contributed by atoms with Gasteiger partial charge in [0.05, 0.1) is 0 Å². The Morgan fingerprint density at radius 3 is 2.90 bits per heavy atom. The molecule has 1 atom stereocenters. The molecular formula is C17H24FN3. The number of aromatic nitrogens is 2. The Labute approximate surface area is 125 Å². The van der Waals surface area contributed by atoms with Crippen molar-refractivity contribution in [1.29, 1.82) is 0 Å². The van der Waals surface area contributed by atoms with Gasteiger partial charge in [-0.1, -0.05) is 20.8 Å². The lowest BCUT2D eigenvalue weighted by Crippen LogP contribution is -2.23. The molecule has 1 fully saturated rings. The molecule has 0 bridgehead atoms. The molecule has 0 unspecified atom stereocenters. The smallest absolute Gasteiger partial charge is 0.140 e. The molecule has 0 saturated carbocycles. The van der Waals surface area contributed by atoms with E-state index in [2.05, 4.69) is 47.5 Å². The Morgan fingerprint density at radius 1 is 1.38 bits per heavy atom. The highest BCUT2D eigenvalue weighted by Crippen LogP contribution is 2.34. The van der Waals surface area contributed by atoms with Gasteiger partial charge < -0.3 is 4.57 Å². The van der Waals surface area contributed by atoms with Gasteiger partial charge in [0, 0.05) is 43.5 Å². The van der Waals surface area contributed by atoms with E-state index in [1.807, 2.05) is 12.3 Å². The van der Waals surface area contributed by atoms with Crippen molar-refractivity contribution in [3.05, 3.63) is 30.1 Å². The summed E-state index contributed by atoms with van der Waals surface area (Å²) in [6.07, 6.45) is 5.20. The lowest BCUT2D eigenvalue weighted by atomic mass is 9.87. The number of likely N-dealkylation sites (tertiary alicyclic amines) is 1. The average Bonchev–Trinajstić information content (AvgIpc) is 3.02. The van der Waals surface area contributed by atoms with Crippen LogP contribution in [0, 0.1) is 0 Å². The standard InChI is InChI=1S/C17H24FN3/c1-17(2,3)15-12-21(16-14(15)5-4-8-19-16)13-6-9-20(11-13)10-7-18/h4-5,8,12-13H,6-7,9-11H2,1-3H3/t13-/m0/s1. The van der Waals surface area contributed by atoms with Gasteiger partial charge in [-0.2, -0.15) is 0 Å². The maximum Gasteiger partial charge on any atom is 0.140 e. The van der Waals surface area contributed by atoms with Crippen LogP contribution in [0.15, 0.2) is 24.5 Å². The first-order valence-electron chi connectivity index (χ1n) is 7.75. The van der Waals surface area contributed by atoms with Gasteiger partial charge in [0.25, 0.3) is 0 Å². The molecule has 0 aliphatic carbocycles. The molecule has 3 nitrogen and oxygen atoms in total. The molecule has 3 heterocycles. The summed E-state index contributed by atoms with van der Waals surface area (Å²) in [5.41, 5.74) is 2.51. The lowest BCUT2D eigenvalue weighted by Gasteiger charge is -2.18. The van der Waals surface area contributed by atoms with E-state index in [1.54, 1.807) is 0 Å². The molecule has 114 valence electrons. The molecule has 2 aromatic heterocycles. The minimum absolute atomic E-state index is 0.101. The number of hydrogen-bond donors (Lipinski definition) is 0. The normalized spacial score (nSPS) is 20.5. The summed E-state index contributed by atoms with van der Waals surface area (Å²) in [6.45, 7) is 8.91. The van der Waals surface area contributed by atoms with Crippen molar-refractivity contribution in [1.82, 2.24) is 14.5 Å². The second-order valence-corrected chi connectivity index (χ2v) is 7.01. The first kappa shape index (κ1) is 14.5. The molecule has 0 radical (unpaired) electrons. The number of halogens is 1. The van der Waals surface area contributed by atoms with Gasteiger partial charge in [-0.15, -0.1) is 0 Å². The third kappa shape index (κ3) is 2.69. The Kier molecular flexibility index (Phi) is 3.74. The highest BCUT2D eigenvalue weighted by Gasteiger charge is 2.28. The Balaban J connectivity index is 2.00. The van der Waals surface area contributed by atoms with Crippen molar-refractivity contribution < 1.29 is 4.39 Å². The quantitative estimate of drug-likeness (QED) is 0.861. The van der Waals surface area contributed by atoms with Crippen LogP contribution in [0.5, 0.6) is 0 Å². The molecule has 0 N–H and O–H groups in total. The molecule has 3 rings (SSSR count). The van der Waals surface area contributed by atoms with Crippen molar-refractivity contribution in [2.75, 3.05) is 26.3 Å². The minimum Gasteiger partial charge on any atom is -0.328 e. The predicted molar refractivity (Wildman–Crippen MR) is 84.5 cm³/mol. The molecule has 4 heteroatoms. The van der Waals surface area contributed by atoms with Gasteiger partial charge in [-0.25, -0.2) is 9.37 Å². The van der Waals surface area contributed by atoms with Crippen LogP contribution in [0.3, 0.4) is 0 Å². The minimum atomic E-state index is -0.259. The monoisotopic (exact) mass is 289 g/mol. The Bertz CT molecular complexity index is 626. The molecule has 2 aromatic rings. The number of alkyl halides is 1. The van der Waals surface area contributed by atoms with Crippen LogP contribution in [0.25, 0.3) is 11.0 Å². The second kappa shape index (κ2) is 5.41. The number of fused-ring (bicyclic) bond motifs is 1. The van der Waals surface area contributed by atoms with Crippen LogP contribution in [0.1, 0.15) is 38.8 Å². The van der Waals surface area contributed by atoms with E-state index in [0.717, 1.165) is 25.2 Å². The van der Waals surface area contributed by atoms with Crippen molar-refractivity contribution in [3.8, 4) is 0 Å². The molecule has 0 aromatic carbocycles. The molecule has 21 heavy (non-hydrogen) atoms. The van der Waals surface area contributed by atoms with Gasteiger partial charge in [0.15, 0.2) is 0 Å². The summed E-state index contributed by atoms with van der Waals surface area (Å²) >= 11 is 0. The maximum atomic E-state index is 12.5. The number of nitrogens with zero attached hydrogens (tertiary/aromatic N) is 3. The van der Waals surface area contributed by atoms with Gasteiger partial charge in [0.2, 0.25) is 0 Å². The van der Waals surface area contributed by atoms with Gasteiger partial charge >= 0.3 is 0 Å². The highest BCUT2D eigenvalue weighted by atomic mass is 19.1. The molecule has 0 spiro atoms. The third-order valence-corrected chi connectivity index (χ3v) is 4.44. The van der Waals surface area contributed by atoms with E-state index >= 15 is 0 Å². The summed E-state index contributed by atoms with van der Waals surface area (Å²) in [6, 6.07) is 4.57. The maximum absolute atomic E-state index is 12.5. The lowest BCUT2D eigenvalue weighted by molar-refractivity contribution is 0.288. The topological polar surface area (TPSA) is 21.1 Å². The van der Waals surface area contributed by atoms with Gasteiger partial charge in [-0.3, -0.25) is 4.90 Å². The van der Waals surface area contributed by atoms with Crippen molar-refractivity contribution in [3.63, 3.8) is 0 Å². The zero-order valence-corrected chi connectivity index (χ0v) is 13.1. The average molecular weight is 289 g/mol. The predicted octanol–water partition coefficient (Wildman–Crippen LogP) is 3.55. The van der Waals surface area contributed by atoms with Crippen LogP contribution in [-0.4, -0.2) is 40.8 Å². The summed E-state index contributed by atoms with van der Waals surface area (Å²) in [5, 5.41) is 1.24. The number of hydrogen-bond acceptors (Lipinski definition) is 2. The first-order chi connectivity index (χ1) is 10.0. The number of pyridine rings is 1. The van der Waals surface area contributed by atoms with E-state index in [9.17, 15) is 4.39 Å². The van der Waals surface area contributed by atoms with Crippen molar-refractivity contribution in [2.45, 2.75) is 38.6 Å². The summed E-state index contributed by atoms with van der Waals surface area (Å²) in [5.74, 6) is 0. The largest absolute Gasteiger partial charge is 0.328 e. The van der Waals surface area contributed by atoms with Crippen molar-refractivity contribution in [2.24, 2.45) is 0 Å². The summed E-state index contributed by atoms with van der Waals surface area (Å²) < 4.78 is 14.8. The van der Waals surface area contributed by atoms with Crippen LogP contribution in [-0.2, 0) is 5.41 Å². The highest BCUT2D eigenvalue weighted by molar-refractivity contribution is 5.81. The van der Waals surface area contributed by atoms with Gasteiger partial charge in [-0.05, 0) is 29.5 Å². The Hall–Kier alpha value is -1.42. The van der Waals surface area contributed by atoms with Gasteiger partial charge in [0.1, 0.15) is 12.3 Å². The van der Waals surface area contributed by atoms with Crippen molar-refractivity contribution >= 4 is 11.0 Å². The SMILES string of the molecule is CC(C)(C)c1cn([C@H]2CCN(CCF)C2)c2ncccc12.